The van der Waals surface area contributed by atoms with Crippen molar-refractivity contribution in [3.8, 4) is 0 Å². The number of benzene rings is 1. The number of unbranched alkanes of at least 4 members (excludes halogenated alkanes) is 1. The third-order valence-corrected chi connectivity index (χ3v) is 2.70. The summed E-state index contributed by atoms with van der Waals surface area (Å²) in [6, 6.07) is 7.80. The Balaban J connectivity index is 2.54. The van der Waals surface area contributed by atoms with Gasteiger partial charge in [-0.1, -0.05) is 48.7 Å². The van der Waals surface area contributed by atoms with E-state index in [9.17, 15) is 8.76 Å². The molecule has 0 spiro atoms. The SMILES string of the molecule is CCCCc1ccc(CS(=O)[O-])cc1. The molecule has 0 radical (unpaired) electrons. The fourth-order valence-corrected chi connectivity index (χ4v) is 1.78. The highest BCUT2D eigenvalue weighted by Gasteiger charge is 1.94. The molecule has 0 amide bonds. The van der Waals surface area contributed by atoms with Crippen LogP contribution in [0.5, 0.6) is 0 Å². The van der Waals surface area contributed by atoms with Crippen LogP contribution in [0.25, 0.3) is 0 Å². The lowest BCUT2D eigenvalue weighted by Crippen LogP contribution is -1.93. The molecule has 0 bridgehead atoms. The van der Waals surface area contributed by atoms with E-state index in [0.717, 1.165) is 12.0 Å². The maximum atomic E-state index is 10.4. The van der Waals surface area contributed by atoms with Crippen molar-refractivity contribution in [2.75, 3.05) is 0 Å². The third kappa shape index (κ3) is 4.03. The van der Waals surface area contributed by atoms with E-state index >= 15 is 0 Å². The van der Waals surface area contributed by atoms with E-state index in [-0.39, 0.29) is 5.75 Å². The second-order valence-electron chi connectivity index (χ2n) is 3.37. The van der Waals surface area contributed by atoms with Gasteiger partial charge in [-0.15, -0.1) is 0 Å². The first-order valence-corrected chi connectivity index (χ1v) is 6.10. The predicted octanol–water partition coefficient (Wildman–Crippen LogP) is 2.41. The Morgan fingerprint density at radius 3 is 2.29 bits per heavy atom. The number of aryl methyl sites for hydroxylation is 1. The molecular formula is C11H15O2S-. The van der Waals surface area contributed by atoms with Crippen LogP contribution >= 0.6 is 0 Å². The molecule has 3 heteroatoms. The normalized spacial score (nSPS) is 12.7. The van der Waals surface area contributed by atoms with Crippen LogP contribution in [0.3, 0.4) is 0 Å². The van der Waals surface area contributed by atoms with Gasteiger partial charge in [0.2, 0.25) is 0 Å². The molecule has 1 rings (SSSR count). The lowest BCUT2D eigenvalue weighted by Gasteiger charge is -2.05. The lowest BCUT2D eigenvalue weighted by molar-refractivity contribution is 0.536. The molecule has 0 heterocycles. The summed E-state index contributed by atoms with van der Waals surface area (Å²) < 4.78 is 20.9. The summed E-state index contributed by atoms with van der Waals surface area (Å²) >= 11 is -1.98. The molecule has 0 saturated heterocycles. The summed E-state index contributed by atoms with van der Waals surface area (Å²) in [4.78, 5) is 0. The van der Waals surface area contributed by atoms with Crippen molar-refractivity contribution < 1.29 is 8.76 Å². The van der Waals surface area contributed by atoms with Gasteiger partial charge in [-0.3, -0.25) is 4.21 Å². The van der Waals surface area contributed by atoms with Crippen molar-refractivity contribution in [1.29, 1.82) is 0 Å². The average Bonchev–Trinajstić information content (AvgIpc) is 2.16. The first-order valence-electron chi connectivity index (χ1n) is 4.86. The number of hydrogen-bond donors (Lipinski definition) is 0. The summed E-state index contributed by atoms with van der Waals surface area (Å²) in [6.45, 7) is 2.16. The lowest BCUT2D eigenvalue weighted by atomic mass is 10.1. The summed E-state index contributed by atoms with van der Waals surface area (Å²) in [7, 11) is 0. The highest BCUT2D eigenvalue weighted by atomic mass is 32.2. The van der Waals surface area contributed by atoms with E-state index in [0.29, 0.717) is 0 Å². The monoisotopic (exact) mass is 211 g/mol. The Morgan fingerprint density at radius 1 is 1.21 bits per heavy atom. The van der Waals surface area contributed by atoms with E-state index in [2.05, 4.69) is 6.92 Å². The van der Waals surface area contributed by atoms with Gasteiger partial charge in [-0.05, 0) is 24.0 Å². The van der Waals surface area contributed by atoms with Gasteiger partial charge in [0, 0.05) is 5.75 Å². The fourth-order valence-electron chi connectivity index (χ4n) is 1.32. The van der Waals surface area contributed by atoms with Crippen LogP contribution in [0, 0.1) is 0 Å². The van der Waals surface area contributed by atoms with Crippen LogP contribution in [0.2, 0.25) is 0 Å². The quantitative estimate of drug-likeness (QED) is 0.702. The zero-order chi connectivity index (χ0) is 10.4. The first-order chi connectivity index (χ1) is 6.72. The zero-order valence-corrected chi connectivity index (χ0v) is 9.18. The Bertz CT molecular complexity index is 293. The Hall–Kier alpha value is -0.670. The van der Waals surface area contributed by atoms with Gasteiger partial charge in [0.05, 0.1) is 0 Å². The molecule has 0 aromatic heterocycles. The van der Waals surface area contributed by atoms with E-state index in [1.54, 1.807) is 0 Å². The van der Waals surface area contributed by atoms with E-state index in [1.807, 2.05) is 24.3 Å². The largest absolute Gasteiger partial charge is 0.772 e. The van der Waals surface area contributed by atoms with Gasteiger partial charge in [0.1, 0.15) is 0 Å². The predicted molar refractivity (Wildman–Crippen MR) is 57.7 cm³/mol. The smallest absolute Gasteiger partial charge is 0.0353 e. The summed E-state index contributed by atoms with van der Waals surface area (Å²) in [5.41, 5.74) is 2.14. The van der Waals surface area contributed by atoms with Crippen LogP contribution in [0.4, 0.5) is 0 Å². The molecule has 1 aromatic carbocycles. The minimum absolute atomic E-state index is 0.119. The van der Waals surface area contributed by atoms with E-state index in [1.165, 1.54) is 18.4 Å². The van der Waals surface area contributed by atoms with Gasteiger partial charge in [0.15, 0.2) is 0 Å². The molecule has 1 aromatic rings. The highest BCUT2D eigenvalue weighted by Crippen LogP contribution is 2.08. The Kier molecular flexibility index (Phi) is 4.84. The molecule has 2 nitrogen and oxygen atoms in total. The average molecular weight is 211 g/mol. The van der Waals surface area contributed by atoms with Crippen molar-refractivity contribution >= 4 is 11.1 Å². The second kappa shape index (κ2) is 5.94. The zero-order valence-electron chi connectivity index (χ0n) is 8.36. The van der Waals surface area contributed by atoms with Gasteiger partial charge in [0.25, 0.3) is 0 Å². The Morgan fingerprint density at radius 2 is 1.79 bits per heavy atom. The van der Waals surface area contributed by atoms with Crippen molar-refractivity contribution in [3.05, 3.63) is 35.4 Å². The van der Waals surface area contributed by atoms with Gasteiger partial charge < -0.3 is 4.55 Å². The van der Waals surface area contributed by atoms with Crippen molar-refractivity contribution in [3.63, 3.8) is 0 Å². The number of rotatable bonds is 5. The molecule has 14 heavy (non-hydrogen) atoms. The second-order valence-corrected chi connectivity index (χ2v) is 4.26. The topological polar surface area (TPSA) is 40.1 Å². The van der Waals surface area contributed by atoms with Crippen molar-refractivity contribution in [2.24, 2.45) is 0 Å². The van der Waals surface area contributed by atoms with E-state index in [4.69, 9.17) is 0 Å². The minimum Gasteiger partial charge on any atom is -0.772 e. The van der Waals surface area contributed by atoms with Crippen LogP contribution in [-0.2, 0) is 23.3 Å². The standard InChI is InChI=1S/C11H16O2S/c1-2-3-4-10-5-7-11(8-6-10)9-14(12)13/h5-8H,2-4,9H2,1H3,(H,12,13)/p-1. The van der Waals surface area contributed by atoms with E-state index < -0.39 is 11.1 Å². The third-order valence-electron chi connectivity index (χ3n) is 2.13. The summed E-state index contributed by atoms with van der Waals surface area (Å²) in [5, 5.41) is 0. The molecule has 0 N–H and O–H groups in total. The maximum Gasteiger partial charge on any atom is 0.0353 e. The summed E-state index contributed by atoms with van der Waals surface area (Å²) in [6.07, 6.45) is 3.45. The van der Waals surface area contributed by atoms with Gasteiger partial charge in [-0.2, -0.15) is 0 Å². The number of hydrogen-bond acceptors (Lipinski definition) is 2. The molecule has 1 atom stereocenters. The maximum absolute atomic E-state index is 10.4. The molecule has 1 unspecified atom stereocenters. The molecule has 78 valence electrons. The van der Waals surface area contributed by atoms with Crippen LogP contribution in [0.15, 0.2) is 24.3 Å². The van der Waals surface area contributed by atoms with Crippen molar-refractivity contribution in [1.82, 2.24) is 0 Å². The molecule has 0 aliphatic rings. The van der Waals surface area contributed by atoms with Gasteiger partial charge in [-0.25, -0.2) is 0 Å². The van der Waals surface area contributed by atoms with Crippen LogP contribution < -0.4 is 0 Å². The highest BCUT2D eigenvalue weighted by molar-refractivity contribution is 7.78. The molecule has 0 aliphatic carbocycles. The molecular weight excluding hydrogens is 196 g/mol. The fraction of sp³-hybridized carbons (Fsp3) is 0.455. The van der Waals surface area contributed by atoms with Crippen LogP contribution in [-0.4, -0.2) is 8.76 Å². The summed E-state index contributed by atoms with van der Waals surface area (Å²) in [5.74, 6) is 0.119. The Labute approximate surface area is 87.6 Å². The van der Waals surface area contributed by atoms with Crippen LogP contribution in [0.1, 0.15) is 30.9 Å². The molecule has 0 aliphatic heterocycles. The van der Waals surface area contributed by atoms with Crippen molar-refractivity contribution in [2.45, 2.75) is 31.9 Å². The molecule has 0 fully saturated rings. The minimum atomic E-state index is -1.98. The molecule has 0 saturated carbocycles. The van der Waals surface area contributed by atoms with Gasteiger partial charge >= 0.3 is 0 Å². The first kappa shape index (κ1) is 11.4.